The molecule has 5 nitrogen and oxygen atoms in total. The lowest BCUT2D eigenvalue weighted by Crippen LogP contribution is -2.48. The van der Waals surface area contributed by atoms with Crippen molar-refractivity contribution in [3.8, 4) is 22.5 Å². The first-order chi connectivity index (χ1) is 13.2. The van der Waals surface area contributed by atoms with Gasteiger partial charge in [0.25, 0.3) is 0 Å². The summed E-state index contributed by atoms with van der Waals surface area (Å²) in [7, 11) is 0. The van der Waals surface area contributed by atoms with Crippen LogP contribution in [0.4, 0.5) is 0 Å². The average molecular weight is 361 g/mol. The average Bonchev–Trinajstić information content (AvgIpc) is 3.36. The number of hydrogen-bond acceptors (Lipinski definition) is 3. The van der Waals surface area contributed by atoms with Crippen molar-refractivity contribution in [2.24, 2.45) is 5.92 Å². The van der Waals surface area contributed by atoms with Crippen molar-refractivity contribution >= 4 is 0 Å². The van der Waals surface area contributed by atoms with Gasteiger partial charge in [-0.3, -0.25) is 4.68 Å². The summed E-state index contributed by atoms with van der Waals surface area (Å²) in [6.07, 6.45) is 8.84. The summed E-state index contributed by atoms with van der Waals surface area (Å²) < 4.78 is 4.48. The Balaban J connectivity index is 1.64. The van der Waals surface area contributed by atoms with Crippen LogP contribution >= 0.6 is 0 Å². The van der Waals surface area contributed by atoms with Crippen LogP contribution in [-0.2, 0) is 0 Å². The van der Waals surface area contributed by atoms with E-state index in [1.54, 1.807) is 0 Å². The maximum Gasteiger partial charge on any atom is 0.0964 e. The fraction of sp³-hybridized carbons (Fsp3) is 0.455. The monoisotopic (exact) mass is 361 g/mol. The van der Waals surface area contributed by atoms with Gasteiger partial charge in [0, 0.05) is 29.9 Å². The molecule has 5 heteroatoms. The molecule has 0 aliphatic carbocycles. The molecular weight excluding hydrogens is 334 g/mol. The fourth-order valence-corrected chi connectivity index (χ4v) is 4.70. The van der Waals surface area contributed by atoms with Crippen LogP contribution in [0.3, 0.4) is 0 Å². The Morgan fingerprint density at radius 3 is 2.44 bits per heavy atom. The van der Waals surface area contributed by atoms with Crippen LogP contribution in [0.1, 0.15) is 38.8 Å². The van der Waals surface area contributed by atoms with Gasteiger partial charge in [-0.2, -0.15) is 5.10 Å². The molecule has 0 amide bonds. The Morgan fingerprint density at radius 2 is 1.81 bits per heavy atom. The van der Waals surface area contributed by atoms with E-state index in [0.717, 1.165) is 23.7 Å². The SMILES string of the molecule is CC(C)n1cc(-c2c(-c3ccccc3)ncn2[C@@H]2CN3CCC2CC3)cn1. The minimum atomic E-state index is 0.354. The molecule has 0 unspecified atom stereocenters. The zero-order valence-corrected chi connectivity index (χ0v) is 16.1. The van der Waals surface area contributed by atoms with Crippen LogP contribution in [0.15, 0.2) is 49.1 Å². The number of nitrogens with zero attached hydrogens (tertiary/aromatic N) is 5. The molecule has 140 valence electrons. The van der Waals surface area contributed by atoms with Gasteiger partial charge in [0.15, 0.2) is 0 Å². The van der Waals surface area contributed by atoms with Crippen LogP contribution in [0.25, 0.3) is 22.5 Å². The summed E-state index contributed by atoms with van der Waals surface area (Å²) in [6.45, 7) is 7.98. The molecule has 0 N–H and O–H groups in total. The third kappa shape index (κ3) is 2.90. The summed E-state index contributed by atoms with van der Waals surface area (Å²) in [6, 6.07) is 11.4. The van der Waals surface area contributed by atoms with E-state index in [4.69, 9.17) is 4.98 Å². The normalized spacial score (nSPS) is 24.6. The summed E-state index contributed by atoms with van der Waals surface area (Å²) in [5.41, 5.74) is 4.61. The van der Waals surface area contributed by atoms with Gasteiger partial charge in [-0.1, -0.05) is 30.3 Å². The predicted molar refractivity (Wildman–Crippen MR) is 107 cm³/mol. The van der Waals surface area contributed by atoms with Crippen molar-refractivity contribution in [3.05, 3.63) is 49.1 Å². The van der Waals surface area contributed by atoms with E-state index in [9.17, 15) is 0 Å². The van der Waals surface area contributed by atoms with Crippen molar-refractivity contribution in [1.82, 2.24) is 24.2 Å². The Morgan fingerprint density at radius 1 is 1.04 bits per heavy atom. The molecule has 3 saturated heterocycles. The summed E-state index contributed by atoms with van der Waals surface area (Å²) in [5.74, 6) is 0.756. The Bertz CT molecular complexity index is 915. The lowest BCUT2D eigenvalue weighted by molar-refractivity contribution is 0.0577. The highest BCUT2D eigenvalue weighted by Crippen LogP contribution is 2.40. The first-order valence-electron chi connectivity index (χ1n) is 10.1. The van der Waals surface area contributed by atoms with E-state index < -0.39 is 0 Å². The van der Waals surface area contributed by atoms with E-state index in [1.807, 2.05) is 10.9 Å². The molecule has 3 fully saturated rings. The highest BCUT2D eigenvalue weighted by molar-refractivity contribution is 5.78. The Kier molecular flexibility index (Phi) is 4.12. The third-order valence-corrected chi connectivity index (χ3v) is 6.22. The van der Waals surface area contributed by atoms with Crippen molar-refractivity contribution in [2.45, 2.75) is 38.8 Å². The maximum atomic E-state index is 4.88. The topological polar surface area (TPSA) is 38.9 Å². The molecule has 1 atom stereocenters. The molecule has 0 radical (unpaired) electrons. The predicted octanol–water partition coefficient (Wildman–Crippen LogP) is 4.26. The number of aromatic nitrogens is 4. The first-order valence-corrected chi connectivity index (χ1v) is 10.1. The molecule has 3 aliphatic rings. The van der Waals surface area contributed by atoms with Gasteiger partial charge < -0.3 is 9.47 Å². The molecule has 27 heavy (non-hydrogen) atoms. The van der Waals surface area contributed by atoms with E-state index in [2.05, 4.69) is 71.3 Å². The standard InChI is InChI=1S/C22H27N5/c1-16(2)27-13-19(12-24-27)22-21(18-6-4-3-5-7-18)23-15-26(22)20-14-25-10-8-17(20)9-11-25/h3-7,12-13,15-17,20H,8-11,14H2,1-2H3/t20-/m1/s1. The quantitative estimate of drug-likeness (QED) is 0.697. The molecule has 1 aromatic carbocycles. The molecule has 3 aromatic rings. The molecule has 0 spiro atoms. The minimum Gasteiger partial charge on any atom is -0.325 e. The van der Waals surface area contributed by atoms with Gasteiger partial charge in [-0.15, -0.1) is 0 Å². The first kappa shape index (κ1) is 16.8. The molecule has 0 saturated carbocycles. The van der Waals surface area contributed by atoms with Crippen LogP contribution in [0.2, 0.25) is 0 Å². The van der Waals surface area contributed by atoms with E-state index in [-0.39, 0.29) is 0 Å². The second-order valence-electron chi connectivity index (χ2n) is 8.22. The lowest BCUT2D eigenvalue weighted by atomic mass is 9.83. The van der Waals surface area contributed by atoms with E-state index >= 15 is 0 Å². The number of rotatable bonds is 4. The van der Waals surface area contributed by atoms with Crippen molar-refractivity contribution in [2.75, 3.05) is 19.6 Å². The van der Waals surface area contributed by atoms with Gasteiger partial charge in [0.05, 0.1) is 30.0 Å². The number of hydrogen-bond donors (Lipinski definition) is 0. The van der Waals surface area contributed by atoms with Crippen LogP contribution in [0, 0.1) is 5.92 Å². The van der Waals surface area contributed by atoms with E-state index in [1.165, 1.54) is 37.2 Å². The van der Waals surface area contributed by atoms with E-state index in [0.29, 0.717) is 12.1 Å². The number of fused-ring (bicyclic) bond motifs is 3. The second kappa shape index (κ2) is 6.64. The van der Waals surface area contributed by atoms with Gasteiger partial charge >= 0.3 is 0 Å². The van der Waals surface area contributed by atoms with Crippen LogP contribution in [-0.4, -0.2) is 43.9 Å². The number of benzene rings is 1. The van der Waals surface area contributed by atoms with Gasteiger partial charge in [-0.05, 0) is 45.7 Å². The zero-order chi connectivity index (χ0) is 18.4. The van der Waals surface area contributed by atoms with Crippen LogP contribution < -0.4 is 0 Å². The zero-order valence-electron chi connectivity index (χ0n) is 16.1. The lowest BCUT2D eigenvalue weighted by Gasteiger charge is -2.45. The maximum absolute atomic E-state index is 4.88. The summed E-state index contributed by atoms with van der Waals surface area (Å²) in [4.78, 5) is 7.49. The van der Waals surface area contributed by atoms with Gasteiger partial charge in [0.1, 0.15) is 0 Å². The molecule has 2 aromatic heterocycles. The van der Waals surface area contributed by atoms with Crippen molar-refractivity contribution < 1.29 is 0 Å². The largest absolute Gasteiger partial charge is 0.325 e. The Hall–Kier alpha value is -2.40. The molecular formula is C22H27N5. The van der Waals surface area contributed by atoms with Crippen molar-refractivity contribution in [1.29, 1.82) is 0 Å². The van der Waals surface area contributed by atoms with Gasteiger partial charge in [-0.25, -0.2) is 4.98 Å². The smallest absolute Gasteiger partial charge is 0.0964 e. The fourth-order valence-electron chi connectivity index (χ4n) is 4.70. The minimum absolute atomic E-state index is 0.354. The number of imidazole rings is 1. The molecule has 3 aliphatic heterocycles. The molecule has 2 bridgehead atoms. The molecule has 6 rings (SSSR count). The Labute approximate surface area is 160 Å². The van der Waals surface area contributed by atoms with Crippen molar-refractivity contribution in [3.63, 3.8) is 0 Å². The highest BCUT2D eigenvalue weighted by atomic mass is 15.3. The van der Waals surface area contributed by atoms with Gasteiger partial charge in [0.2, 0.25) is 0 Å². The summed E-state index contributed by atoms with van der Waals surface area (Å²) in [5, 5.41) is 4.61. The summed E-state index contributed by atoms with van der Waals surface area (Å²) >= 11 is 0. The van der Waals surface area contributed by atoms with Crippen LogP contribution in [0.5, 0.6) is 0 Å². The molecule has 5 heterocycles. The third-order valence-electron chi connectivity index (χ3n) is 6.22. The second-order valence-corrected chi connectivity index (χ2v) is 8.22. The number of piperidine rings is 3. The highest BCUT2D eigenvalue weighted by Gasteiger charge is 2.36.